The lowest BCUT2D eigenvalue weighted by Gasteiger charge is -2.33. The van der Waals surface area contributed by atoms with Crippen molar-refractivity contribution in [2.75, 3.05) is 39.9 Å². The predicted molar refractivity (Wildman–Crippen MR) is 120 cm³/mol. The number of benzene rings is 2. The average Bonchev–Trinajstić information content (AvgIpc) is 3.29. The van der Waals surface area contributed by atoms with Crippen LogP contribution in [0.2, 0.25) is 0 Å². The number of hydrogen-bond donors (Lipinski definition) is 0. The SMILES string of the molecule is COc1ccc(-c2noc(CN3CCN(C(=O)COc4cccc(C)c4C)CC3)n2)cc1. The number of aryl methyl sites for hydroxylation is 1. The highest BCUT2D eigenvalue weighted by molar-refractivity contribution is 5.78. The van der Waals surface area contributed by atoms with Crippen LogP contribution in [0.15, 0.2) is 47.0 Å². The molecular weight excluding hydrogens is 408 g/mol. The van der Waals surface area contributed by atoms with Gasteiger partial charge in [0.1, 0.15) is 11.5 Å². The summed E-state index contributed by atoms with van der Waals surface area (Å²) in [6.07, 6.45) is 0. The normalized spacial score (nSPS) is 14.4. The van der Waals surface area contributed by atoms with Gasteiger partial charge in [-0.25, -0.2) is 0 Å². The van der Waals surface area contributed by atoms with E-state index in [1.54, 1.807) is 7.11 Å². The maximum atomic E-state index is 12.6. The molecule has 1 fully saturated rings. The van der Waals surface area contributed by atoms with E-state index in [1.807, 2.05) is 61.2 Å². The molecule has 1 saturated heterocycles. The first kappa shape index (κ1) is 21.8. The molecule has 1 aliphatic rings. The van der Waals surface area contributed by atoms with Crippen molar-refractivity contribution in [3.63, 3.8) is 0 Å². The number of nitrogens with zero attached hydrogens (tertiary/aromatic N) is 4. The number of piperazine rings is 1. The Balaban J connectivity index is 1.25. The summed E-state index contributed by atoms with van der Waals surface area (Å²) in [6.45, 7) is 7.44. The van der Waals surface area contributed by atoms with E-state index in [0.717, 1.165) is 41.3 Å². The summed E-state index contributed by atoms with van der Waals surface area (Å²) in [4.78, 5) is 21.1. The molecule has 32 heavy (non-hydrogen) atoms. The third-order valence-corrected chi connectivity index (χ3v) is 5.81. The molecule has 0 bridgehead atoms. The van der Waals surface area contributed by atoms with Crippen LogP contribution in [0, 0.1) is 13.8 Å². The smallest absolute Gasteiger partial charge is 0.260 e. The highest BCUT2D eigenvalue weighted by Crippen LogP contribution is 2.21. The molecule has 0 atom stereocenters. The van der Waals surface area contributed by atoms with E-state index >= 15 is 0 Å². The maximum Gasteiger partial charge on any atom is 0.260 e. The van der Waals surface area contributed by atoms with Gasteiger partial charge in [-0.05, 0) is 55.3 Å². The third kappa shape index (κ3) is 5.08. The van der Waals surface area contributed by atoms with Crippen LogP contribution in [0.4, 0.5) is 0 Å². The van der Waals surface area contributed by atoms with E-state index in [1.165, 1.54) is 0 Å². The van der Waals surface area contributed by atoms with Crippen molar-refractivity contribution >= 4 is 5.91 Å². The minimum Gasteiger partial charge on any atom is -0.497 e. The molecule has 8 heteroatoms. The molecule has 1 amide bonds. The number of carbonyl (C=O) groups excluding carboxylic acids is 1. The summed E-state index contributed by atoms with van der Waals surface area (Å²) in [7, 11) is 1.63. The molecule has 8 nitrogen and oxygen atoms in total. The van der Waals surface area contributed by atoms with Crippen molar-refractivity contribution in [1.82, 2.24) is 19.9 Å². The van der Waals surface area contributed by atoms with E-state index in [-0.39, 0.29) is 12.5 Å². The zero-order chi connectivity index (χ0) is 22.5. The highest BCUT2D eigenvalue weighted by atomic mass is 16.5. The van der Waals surface area contributed by atoms with Crippen LogP contribution in [0.1, 0.15) is 17.0 Å². The van der Waals surface area contributed by atoms with Gasteiger partial charge in [-0.1, -0.05) is 17.3 Å². The fraction of sp³-hybridized carbons (Fsp3) is 0.375. The topological polar surface area (TPSA) is 80.9 Å². The molecule has 168 valence electrons. The van der Waals surface area contributed by atoms with Crippen LogP contribution < -0.4 is 9.47 Å². The van der Waals surface area contributed by atoms with Crippen molar-refractivity contribution in [2.45, 2.75) is 20.4 Å². The van der Waals surface area contributed by atoms with Gasteiger partial charge in [-0.15, -0.1) is 0 Å². The Morgan fingerprint density at radius 3 is 2.53 bits per heavy atom. The molecule has 4 rings (SSSR count). The number of hydrogen-bond acceptors (Lipinski definition) is 7. The number of ether oxygens (including phenoxy) is 2. The van der Waals surface area contributed by atoms with Crippen LogP contribution in [-0.2, 0) is 11.3 Å². The van der Waals surface area contributed by atoms with Gasteiger partial charge in [0.25, 0.3) is 5.91 Å². The number of rotatable bonds is 7. The number of amides is 1. The van der Waals surface area contributed by atoms with Crippen LogP contribution in [0.25, 0.3) is 11.4 Å². The van der Waals surface area contributed by atoms with Crippen molar-refractivity contribution in [3.05, 3.63) is 59.5 Å². The molecule has 3 aromatic rings. The molecule has 1 aromatic heterocycles. The fourth-order valence-corrected chi connectivity index (χ4v) is 3.63. The first-order valence-corrected chi connectivity index (χ1v) is 10.7. The predicted octanol–water partition coefficient (Wildman–Crippen LogP) is 3.09. The van der Waals surface area contributed by atoms with Gasteiger partial charge < -0.3 is 18.9 Å². The van der Waals surface area contributed by atoms with Crippen LogP contribution in [0.3, 0.4) is 0 Å². The maximum absolute atomic E-state index is 12.6. The quantitative estimate of drug-likeness (QED) is 0.563. The molecule has 0 aliphatic carbocycles. The summed E-state index contributed by atoms with van der Waals surface area (Å²) in [5.74, 6) is 2.67. The first-order valence-electron chi connectivity index (χ1n) is 10.7. The fourth-order valence-electron chi connectivity index (χ4n) is 3.63. The zero-order valence-corrected chi connectivity index (χ0v) is 18.7. The van der Waals surface area contributed by atoms with Gasteiger partial charge in [0, 0.05) is 31.7 Å². The Morgan fingerprint density at radius 1 is 1.06 bits per heavy atom. The molecule has 0 radical (unpaired) electrons. The van der Waals surface area contributed by atoms with Crippen molar-refractivity contribution in [2.24, 2.45) is 0 Å². The first-order chi connectivity index (χ1) is 15.5. The third-order valence-electron chi connectivity index (χ3n) is 5.81. The Bertz CT molecular complexity index is 1060. The Morgan fingerprint density at radius 2 is 1.81 bits per heavy atom. The molecule has 1 aliphatic heterocycles. The minimum atomic E-state index is 0.00476. The summed E-state index contributed by atoms with van der Waals surface area (Å²) in [6, 6.07) is 13.4. The minimum absolute atomic E-state index is 0.00476. The second kappa shape index (κ2) is 9.82. The molecule has 2 aromatic carbocycles. The monoisotopic (exact) mass is 436 g/mol. The molecule has 2 heterocycles. The summed E-state index contributed by atoms with van der Waals surface area (Å²) in [5.41, 5.74) is 3.10. The van der Waals surface area contributed by atoms with Crippen molar-refractivity contribution in [3.8, 4) is 22.9 Å². The van der Waals surface area contributed by atoms with Gasteiger partial charge in [0.2, 0.25) is 11.7 Å². The van der Waals surface area contributed by atoms with Gasteiger partial charge >= 0.3 is 0 Å². The van der Waals surface area contributed by atoms with E-state index in [2.05, 4.69) is 15.0 Å². The van der Waals surface area contributed by atoms with Gasteiger partial charge in [0.05, 0.1) is 13.7 Å². The standard InChI is InChI=1S/C24H28N4O4/c1-17-5-4-6-21(18(17)2)31-16-23(29)28-13-11-27(12-14-28)15-22-25-24(26-32-22)19-7-9-20(30-3)10-8-19/h4-10H,11-16H2,1-3H3. The van der Waals surface area contributed by atoms with Crippen molar-refractivity contribution in [1.29, 1.82) is 0 Å². The molecule has 0 saturated carbocycles. The van der Waals surface area contributed by atoms with Crippen LogP contribution >= 0.6 is 0 Å². The zero-order valence-electron chi connectivity index (χ0n) is 18.7. The average molecular weight is 437 g/mol. The van der Waals surface area contributed by atoms with Gasteiger partial charge in [-0.2, -0.15) is 4.98 Å². The summed E-state index contributed by atoms with van der Waals surface area (Å²) >= 11 is 0. The lowest BCUT2D eigenvalue weighted by atomic mass is 10.1. The highest BCUT2D eigenvalue weighted by Gasteiger charge is 2.23. The lowest BCUT2D eigenvalue weighted by Crippen LogP contribution is -2.49. The van der Waals surface area contributed by atoms with E-state index in [4.69, 9.17) is 14.0 Å². The number of carbonyl (C=O) groups is 1. The lowest BCUT2D eigenvalue weighted by molar-refractivity contribution is -0.135. The largest absolute Gasteiger partial charge is 0.497 e. The van der Waals surface area contributed by atoms with Crippen molar-refractivity contribution < 1.29 is 18.8 Å². The second-order valence-corrected chi connectivity index (χ2v) is 7.88. The molecule has 0 spiro atoms. The van der Waals surface area contributed by atoms with Gasteiger partial charge in [0.15, 0.2) is 6.61 Å². The molecule has 0 unspecified atom stereocenters. The van der Waals surface area contributed by atoms with Crippen LogP contribution in [-0.4, -0.2) is 65.7 Å². The Hall–Kier alpha value is -3.39. The van der Waals surface area contributed by atoms with E-state index < -0.39 is 0 Å². The van der Waals surface area contributed by atoms with E-state index in [9.17, 15) is 4.79 Å². The van der Waals surface area contributed by atoms with Crippen LogP contribution in [0.5, 0.6) is 11.5 Å². The second-order valence-electron chi connectivity index (χ2n) is 7.88. The van der Waals surface area contributed by atoms with Gasteiger partial charge in [-0.3, -0.25) is 9.69 Å². The summed E-state index contributed by atoms with van der Waals surface area (Å²) < 4.78 is 16.4. The Kier molecular flexibility index (Phi) is 6.70. The Labute approximate surface area is 187 Å². The number of methoxy groups -OCH3 is 1. The molecular formula is C24H28N4O4. The molecule has 0 N–H and O–H groups in total. The number of aromatic nitrogens is 2. The van der Waals surface area contributed by atoms with E-state index in [0.29, 0.717) is 31.3 Å². The summed E-state index contributed by atoms with van der Waals surface area (Å²) in [5, 5.41) is 4.08.